The van der Waals surface area contributed by atoms with E-state index in [2.05, 4.69) is 10.2 Å². The topological polar surface area (TPSA) is 62.0 Å². The van der Waals surface area contributed by atoms with Crippen molar-refractivity contribution in [1.82, 2.24) is 0 Å². The number of azo groups is 1. The van der Waals surface area contributed by atoms with Gasteiger partial charge in [0.05, 0.1) is 12.2 Å². The molecule has 0 heterocycles. The van der Waals surface area contributed by atoms with Crippen molar-refractivity contribution in [3.05, 3.63) is 29.3 Å². The first-order valence-electron chi connectivity index (χ1n) is 5.53. The largest absolute Gasteiger partial charge is 0.481 e. The van der Waals surface area contributed by atoms with Gasteiger partial charge in [-0.25, -0.2) is 0 Å². The third-order valence-electron chi connectivity index (χ3n) is 2.16. The quantitative estimate of drug-likeness (QED) is 0.589. The molecule has 0 aliphatic rings. The van der Waals surface area contributed by atoms with Crippen LogP contribution in [0, 0.1) is 0 Å². The number of carboxylic acids is 1. The smallest absolute Gasteiger partial charge is 0.303 e. The molecule has 92 valence electrons. The molecular weight excluding hydrogens is 240 g/mol. The van der Waals surface area contributed by atoms with Gasteiger partial charge in [-0.3, -0.25) is 4.79 Å². The van der Waals surface area contributed by atoms with E-state index >= 15 is 0 Å². The number of benzene rings is 1. The van der Waals surface area contributed by atoms with Crippen LogP contribution in [-0.2, 0) is 4.79 Å². The van der Waals surface area contributed by atoms with Crippen LogP contribution in [0.3, 0.4) is 0 Å². The molecule has 0 atom stereocenters. The summed E-state index contributed by atoms with van der Waals surface area (Å²) in [5.74, 6) is -0.743. The van der Waals surface area contributed by atoms with Crippen molar-refractivity contribution in [2.45, 2.75) is 25.7 Å². The molecule has 0 aromatic heterocycles. The molecule has 4 nitrogen and oxygen atoms in total. The second-order valence-corrected chi connectivity index (χ2v) is 4.08. The van der Waals surface area contributed by atoms with Crippen LogP contribution in [0.1, 0.15) is 25.7 Å². The zero-order valence-corrected chi connectivity index (χ0v) is 10.2. The molecular formula is C12H15ClN2O2. The lowest BCUT2D eigenvalue weighted by Gasteiger charge is -1.95. The van der Waals surface area contributed by atoms with Gasteiger partial charge in [-0.05, 0) is 37.1 Å². The number of carbonyl (C=O) groups is 1. The van der Waals surface area contributed by atoms with E-state index in [1.165, 1.54) is 0 Å². The van der Waals surface area contributed by atoms with E-state index in [0.717, 1.165) is 18.5 Å². The molecule has 0 radical (unpaired) electrons. The summed E-state index contributed by atoms with van der Waals surface area (Å²) in [7, 11) is 0. The highest BCUT2D eigenvalue weighted by Gasteiger charge is 1.95. The Morgan fingerprint density at radius 1 is 1.18 bits per heavy atom. The number of aliphatic carboxylic acids is 1. The highest BCUT2D eigenvalue weighted by molar-refractivity contribution is 6.30. The number of unbranched alkanes of at least 4 members (excludes halogenated alkanes) is 2. The summed E-state index contributed by atoms with van der Waals surface area (Å²) >= 11 is 5.74. The molecule has 5 heteroatoms. The molecule has 0 saturated heterocycles. The highest BCUT2D eigenvalue weighted by Crippen LogP contribution is 2.16. The molecule has 1 aromatic rings. The van der Waals surface area contributed by atoms with Crippen molar-refractivity contribution in [2.24, 2.45) is 10.2 Å². The number of nitrogens with zero attached hydrogens (tertiary/aromatic N) is 2. The van der Waals surface area contributed by atoms with E-state index in [9.17, 15) is 4.79 Å². The zero-order valence-electron chi connectivity index (χ0n) is 9.47. The summed E-state index contributed by atoms with van der Waals surface area (Å²) in [6.07, 6.45) is 2.66. The van der Waals surface area contributed by atoms with E-state index in [4.69, 9.17) is 16.7 Å². The maximum Gasteiger partial charge on any atom is 0.303 e. The Hall–Kier alpha value is -1.42. The van der Waals surface area contributed by atoms with Crippen LogP contribution in [0.25, 0.3) is 0 Å². The molecule has 1 rings (SSSR count). The van der Waals surface area contributed by atoms with Crippen LogP contribution in [-0.4, -0.2) is 17.6 Å². The minimum Gasteiger partial charge on any atom is -0.481 e. The Morgan fingerprint density at radius 3 is 2.53 bits per heavy atom. The molecule has 1 N–H and O–H groups in total. The second-order valence-electron chi connectivity index (χ2n) is 3.65. The molecule has 0 spiro atoms. The fraction of sp³-hybridized carbons (Fsp3) is 0.417. The number of carboxylic acid groups (broad SMARTS) is 1. The van der Waals surface area contributed by atoms with Crippen LogP contribution >= 0.6 is 11.6 Å². The van der Waals surface area contributed by atoms with Crippen molar-refractivity contribution in [1.29, 1.82) is 0 Å². The Kier molecular flexibility index (Phi) is 6.25. The van der Waals surface area contributed by atoms with Crippen LogP contribution in [0.2, 0.25) is 5.02 Å². The number of rotatable bonds is 7. The first kappa shape index (κ1) is 13.6. The van der Waals surface area contributed by atoms with Crippen molar-refractivity contribution < 1.29 is 9.90 Å². The van der Waals surface area contributed by atoms with Gasteiger partial charge in [0.15, 0.2) is 0 Å². The zero-order chi connectivity index (χ0) is 12.5. The first-order valence-corrected chi connectivity index (χ1v) is 5.91. The fourth-order valence-corrected chi connectivity index (χ4v) is 1.40. The van der Waals surface area contributed by atoms with Crippen LogP contribution in [0.15, 0.2) is 34.5 Å². The van der Waals surface area contributed by atoms with Crippen LogP contribution in [0.5, 0.6) is 0 Å². The molecule has 0 aliphatic carbocycles. The summed E-state index contributed by atoms with van der Waals surface area (Å²) in [4.78, 5) is 10.2. The number of hydrogen-bond donors (Lipinski definition) is 1. The molecule has 0 bridgehead atoms. The Bertz CT molecular complexity index is 377. The van der Waals surface area contributed by atoms with Gasteiger partial charge in [-0.15, -0.1) is 0 Å². The van der Waals surface area contributed by atoms with Crippen LogP contribution in [0.4, 0.5) is 5.69 Å². The summed E-state index contributed by atoms with van der Waals surface area (Å²) in [6.45, 7) is 0.627. The maximum absolute atomic E-state index is 10.2. The fourth-order valence-electron chi connectivity index (χ4n) is 1.27. The summed E-state index contributed by atoms with van der Waals surface area (Å²) in [5.41, 5.74) is 0.778. The third-order valence-corrected chi connectivity index (χ3v) is 2.41. The monoisotopic (exact) mass is 254 g/mol. The molecule has 0 saturated carbocycles. The molecule has 0 fully saturated rings. The van der Waals surface area contributed by atoms with Gasteiger partial charge in [0.1, 0.15) is 0 Å². The third kappa shape index (κ3) is 6.68. The minimum absolute atomic E-state index is 0.230. The maximum atomic E-state index is 10.2. The minimum atomic E-state index is -0.743. The van der Waals surface area contributed by atoms with Gasteiger partial charge in [0.25, 0.3) is 0 Å². The first-order chi connectivity index (χ1) is 8.18. The molecule has 17 heavy (non-hydrogen) atoms. The second kappa shape index (κ2) is 7.79. The molecule has 0 aliphatic heterocycles. The van der Waals surface area contributed by atoms with E-state index < -0.39 is 5.97 Å². The van der Waals surface area contributed by atoms with Gasteiger partial charge in [-0.2, -0.15) is 10.2 Å². The summed E-state index contributed by atoms with van der Waals surface area (Å²) in [5, 5.41) is 17.2. The number of halogens is 1. The molecule has 0 amide bonds. The SMILES string of the molecule is O=C(O)CCCCCN=Nc1ccc(Cl)cc1. The van der Waals surface area contributed by atoms with Crippen molar-refractivity contribution >= 4 is 23.3 Å². The van der Waals surface area contributed by atoms with E-state index in [1.54, 1.807) is 24.3 Å². The Morgan fingerprint density at radius 2 is 1.88 bits per heavy atom. The van der Waals surface area contributed by atoms with Gasteiger partial charge >= 0.3 is 5.97 Å². The lowest BCUT2D eigenvalue weighted by molar-refractivity contribution is -0.137. The molecule has 0 unspecified atom stereocenters. The summed E-state index contributed by atoms with van der Waals surface area (Å²) in [6, 6.07) is 7.14. The van der Waals surface area contributed by atoms with Gasteiger partial charge in [0, 0.05) is 11.4 Å². The van der Waals surface area contributed by atoms with E-state index in [0.29, 0.717) is 18.0 Å². The van der Waals surface area contributed by atoms with Crippen molar-refractivity contribution in [3.63, 3.8) is 0 Å². The standard InChI is InChI=1S/C12H15ClN2O2/c13-10-5-7-11(8-6-10)15-14-9-3-1-2-4-12(16)17/h5-8H,1-4,9H2,(H,16,17). The lowest BCUT2D eigenvalue weighted by atomic mass is 10.2. The average Bonchev–Trinajstić information content (AvgIpc) is 2.30. The average molecular weight is 255 g/mol. The summed E-state index contributed by atoms with van der Waals surface area (Å²) < 4.78 is 0. The predicted octanol–water partition coefficient (Wildman–Crippen LogP) is 4.07. The van der Waals surface area contributed by atoms with Crippen molar-refractivity contribution in [3.8, 4) is 0 Å². The highest BCUT2D eigenvalue weighted by atomic mass is 35.5. The Labute approximate surface area is 105 Å². The molecule has 1 aromatic carbocycles. The Balaban J connectivity index is 2.14. The van der Waals surface area contributed by atoms with Gasteiger partial charge in [-0.1, -0.05) is 18.0 Å². The number of hydrogen-bond acceptors (Lipinski definition) is 3. The van der Waals surface area contributed by atoms with Crippen LogP contribution < -0.4 is 0 Å². The lowest BCUT2D eigenvalue weighted by Crippen LogP contribution is -1.93. The normalized spacial score (nSPS) is 10.9. The van der Waals surface area contributed by atoms with Gasteiger partial charge < -0.3 is 5.11 Å². The van der Waals surface area contributed by atoms with Crippen molar-refractivity contribution in [2.75, 3.05) is 6.54 Å². The van der Waals surface area contributed by atoms with E-state index in [-0.39, 0.29) is 6.42 Å². The predicted molar refractivity (Wildman–Crippen MR) is 66.9 cm³/mol. The van der Waals surface area contributed by atoms with Gasteiger partial charge in [0.2, 0.25) is 0 Å². The van der Waals surface area contributed by atoms with E-state index in [1.807, 2.05) is 0 Å².